The fourth-order valence-corrected chi connectivity index (χ4v) is 5.56. The Hall–Kier alpha value is -3.71. The van der Waals surface area contributed by atoms with Crippen LogP contribution in [-0.2, 0) is 13.0 Å². The highest BCUT2D eigenvalue weighted by molar-refractivity contribution is 5.80. The van der Waals surface area contributed by atoms with Crippen LogP contribution in [0.1, 0.15) is 53.6 Å². The molecule has 7 heteroatoms. The van der Waals surface area contributed by atoms with Crippen molar-refractivity contribution in [2.24, 2.45) is 5.16 Å². The number of aromatic amines is 1. The summed E-state index contributed by atoms with van der Waals surface area (Å²) in [6, 6.07) is 12.7. The largest absolute Gasteiger partial charge is 0.472 e. The molecule has 1 aromatic carbocycles. The Morgan fingerprint density at radius 2 is 1.94 bits per heavy atom. The molecule has 35 heavy (non-hydrogen) atoms. The number of rotatable bonds is 6. The van der Waals surface area contributed by atoms with Crippen molar-refractivity contribution in [2.75, 3.05) is 13.1 Å². The molecular formula is C28H29N5O2. The van der Waals surface area contributed by atoms with Gasteiger partial charge in [-0.3, -0.25) is 9.88 Å². The van der Waals surface area contributed by atoms with Crippen molar-refractivity contribution >= 4 is 6.21 Å². The van der Waals surface area contributed by atoms with Gasteiger partial charge in [-0.1, -0.05) is 12.1 Å². The number of nitrogens with zero attached hydrogens (tertiary/aromatic N) is 4. The zero-order chi connectivity index (χ0) is 23.6. The molecule has 178 valence electrons. The highest BCUT2D eigenvalue weighted by Crippen LogP contribution is 2.38. The van der Waals surface area contributed by atoms with Crippen LogP contribution in [-0.4, -0.2) is 44.4 Å². The lowest BCUT2D eigenvalue weighted by Gasteiger charge is -2.30. The SMILES string of the molecule is ON=CC1CCc2cc(-c3nc(C4CCN(Cc5ccoc5)CC4)[nH]c3-c3ccncc3)ccc21. The molecule has 3 aromatic heterocycles. The zero-order valence-electron chi connectivity index (χ0n) is 19.6. The van der Waals surface area contributed by atoms with Crippen molar-refractivity contribution < 1.29 is 9.62 Å². The van der Waals surface area contributed by atoms with Crippen LogP contribution in [0.3, 0.4) is 0 Å². The maximum absolute atomic E-state index is 9.00. The number of likely N-dealkylation sites (tertiary alicyclic amines) is 1. The minimum absolute atomic E-state index is 0.186. The molecule has 4 aromatic rings. The Balaban J connectivity index is 1.29. The lowest BCUT2D eigenvalue weighted by molar-refractivity contribution is 0.201. The summed E-state index contributed by atoms with van der Waals surface area (Å²) in [5.74, 6) is 1.66. The van der Waals surface area contributed by atoms with Gasteiger partial charge in [-0.25, -0.2) is 4.98 Å². The predicted molar refractivity (Wildman–Crippen MR) is 135 cm³/mol. The molecule has 0 bridgehead atoms. The Kier molecular flexibility index (Phi) is 5.92. The molecule has 2 aliphatic rings. The Morgan fingerprint density at radius 3 is 2.71 bits per heavy atom. The molecule has 1 aliphatic heterocycles. The van der Waals surface area contributed by atoms with Crippen molar-refractivity contribution in [1.82, 2.24) is 19.9 Å². The van der Waals surface area contributed by atoms with Gasteiger partial charge in [0.1, 0.15) is 5.82 Å². The van der Waals surface area contributed by atoms with Crippen LogP contribution in [0.15, 0.2) is 70.9 Å². The average Bonchev–Trinajstić information content (AvgIpc) is 3.66. The van der Waals surface area contributed by atoms with Gasteiger partial charge in [-0.05, 0) is 74.2 Å². The number of pyridine rings is 1. The number of nitrogens with one attached hydrogen (secondary N) is 1. The van der Waals surface area contributed by atoms with Gasteiger partial charge >= 0.3 is 0 Å². The smallest absolute Gasteiger partial charge is 0.110 e. The van der Waals surface area contributed by atoms with E-state index >= 15 is 0 Å². The van der Waals surface area contributed by atoms with E-state index in [2.05, 4.69) is 38.2 Å². The molecule has 0 amide bonds. The van der Waals surface area contributed by atoms with Crippen molar-refractivity contribution in [3.63, 3.8) is 0 Å². The van der Waals surface area contributed by atoms with E-state index in [-0.39, 0.29) is 5.92 Å². The molecule has 1 fully saturated rings. The Bertz CT molecular complexity index is 1300. The first kappa shape index (κ1) is 21.8. The number of furan rings is 1. The molecule has 0 spiro atoms. The molecule has 2 N–H and O–H groups in total. The number of hydrogen-bond acceptors (Lipinski definition) is 6. The second-order valence-corrected chi connectivity index (χ2v) is 9.59. The van der Waals surface area contributed by atoms with Crippen LogP contribution in [0.25, 0.3) is 22.5 Å². The number of hydrogen-bond donors (Lipinski definition) is 2. The number of aryl methyl sites for hydroxylation is 1. The minimum Gasteiger partial charge on any atom is -0.472 e. The molecule has 1 saturated heterocycles. The number of aromatic nitrogens is 3. The van der Waals surface area contributed by atoms with E-state index in [1.807, 2.05) is 36.9 Å². The summed E-state index contributed by atoms with van der Waals surface area (Å²) < 4.78 is 5.23. The van der Waals surface area contributed by atoms with Gasteiger partial charge in [0, 0.05) is 47.5 Å². The van der Waals surface area contributed by atoms with Crippen LogP contribution in [0.2, 0.25) is 0 Å². The summed E-state index contributed by atoms with van der Waals surface area (Å²) in [7, 11) is 0. The summed E-state index contributed by atoms with van der Waals surface area (Å²) >= 11 is 0. The molecule has 7 nitrogen and oxygen atoms in total. The minimum atomic E-state index is 0.186. The first-order chi connectivity index (χ1) is 17.3. The highest BCUT2D eigenvalue weighted by Gasteiger charge is 2.27. The first-order valence-corrected chi connectivity index (χ1v) is 12.3. The summed E-state index contributed by atoms with van der Waals surface area (Å²) in [6.45, 7) is 3.03. The first-order valence-electron chi connectivity index (χ1n) is 12.3. The third-order valence-corrected chi connectivity index (χ3v) is 7.44. The Labute approximate surface area is 204 Å². The quantitative estimate of drug-likeness (QED) is 0.219. The molecule has 6 rings (SSSR count). The fourth-order valence-electron chi connectivity index (χ4n) is 5.56. The van der Waals surface area contributed by atoms with Gasteiger partial charge in [0.2, 0.25) is 0 Å². The van der Waals surface area contributed by atoms with E-state index in [9.17, 15) is 0 Å². The molecule has 0 saturated carbocycles. The number of piperidine rings is 1. The van der Waals surface area contributed by atoms with Gasteiger partial charge in [0.25, 0.3) is 0 Å². The maximum Gasteiger partial charge on any atom is 0.110 e. The number of imidazole rings is 1. The molecule has 1 aliphatic carbocycles. The summed E-state index contributed by atoms with van der Waals surface area (Å²) in [4.78, 5) is 15.6. The second kappa shape index (κ2) is 9.50. The van der Waals surface area contributed by atoms with E-state index in [4.69, 9.17) is 14.6 Å². The summed E-state index contributed by atoms with van der Waals surface area (Å²) in [5.41, 5.74) is 8.05. The van der Waals surface area contributed by atoms with Crippen LogP contribution in [0, 0.1) is 0 Å². The van der Waals surface area contributed by atoms with Gasteiger partial charge < -0.3 is 14.6 Å². The van der Waals surface area contributed by atoms with Gasteiger partial charge in [-0.15, -0.1) is 5.16 Å². The zero-order valence-corrected chi connectivity index (χ0v) is 19.6. The third kappa shape index (κ3) is 4.39. The number of fused-ring (bicyclic) bond motifs is 1. The van der Waals surface area contributed by atoms with Crippen molar-refractivity contribution in [3.8, 4) is 22.5 Å². The summed E-state index contributed by atoms with van der Waals surface area (Å²) in [6.07, 6.45) is 13.0. The van der Waals surface area contributed by atoms with E-state index in [0.29, 0.717) is 5.92 Å². The lowest BCUT2D eigenvalue weighted by Crippen LogP contribution is -2.32. The molecule has 4 heterocycles. The topological polar surface area (TPSA) is 90.5 Å². The molecule has 1 unspecified atom stereocenters. The fraction of sp³-hybridized carbons (Fsp3) is 0.321. The maximum atomic E-state index is 9.00. The van der Waals surface area contributed by atoms with Gasteiger partial charge in [0.05, 0.1) is 30.1 Å². The second-order valence-electron chi connectivity index (χ2n) is 9.59. The van der Waals surface area contributed by atoms with Crippen LogP contribution >= 0.6 is 0 Å². The summed E-state index contributed by atoms with van der Waals surface area (Å²) in [5, 5.41) is 12.3. The van der Waals surface area contributed by atoms with Crippen LogP contribution < -0.4 is 0 Å². The number of H-pyrrole nitrogens is 1. The Morgan fingerprint density at radius 1 is 1.09 bits per heavy atom. The van der Waals surface area contributed by atoms with E-state index < -0.39 is 0 Å². The normalized spacial score (nSPS) is 18.9. The van der Waals surface area contributed by atoms with Crippen LogP contribution in [0.4, 0.5) is 0 Å². The predicted octanol–water partition coefficient (Wildman–Crippen LogP) is 5.60. The van der Waals surface area contributed by atoms with Gasteiger partial charge in [-0.2, -0.15) is 0 Å². The molecular weight excluding hydrogens is 438 g/mol. The average molecular weight is 468 g/mol. The number of oxime groups is 1. The number of benzene rings is 1. The third-order valence-electron chi connectivity index (χ3n) is 7.44. The van der Waals surface area contributed by atoms with Crippen LogP contribution in [0.5, 0.6) is 0 Å². The molecule has 1 atom stereocenters. The highest BCUT2D eigenvalue weighted by atomic mass is 16.4. The lowest BCUT2D eigenvalue weighted by atomic mass is 9.96. The monoisotopic (exact) mass is 467 g/mol. The van der Waals surface area contributed by atoms with E-state index in [0.717, 1.165) is 73.7 Å². The standard InChI is InChI=1S/C28H29N5O2/c34-30-16-24-2-1-22-15-23(3-4-25(22)24)27-26(20-5-10-29-11-6-20)31-28(32-27)21-7-12-33(13-8-21)17-19-9-14-35-18-19/h3-6,9-11,14-16,18,21,24,34H,1-2,7-8,12-13,17H2,(H,31,32). The van der Waals surface area contributed by atoms with Gasteiger partial charge in [0.15, 0.2) is 0 Å². The van der Waals surface area contributed by atoms with E-state index in [1.165, 1.54) is 16.7 Å². The van der Waals surface area contributed by atoms with E-state index in [1.54, 1.807) is 12.5 Å². The van der Waals surface area contributed by atoms with Crippen molar-refractivity contribution in [2.45, 2.75) is 44.1 Å². The molecule has 0 radical (unpaired) electrons. The van der Waals surface area contributed by atoms with Crippen molar-refractivity contribution in [3.05, 3.63) is 83.8 Å². The van der Waals surface area contributed by atoms with Crippen molar-refractivity contribution in [1.29, 1.82) is 0 Å².